The third-order valence-electron chi connectivity index (χ3n) is 4.00. The number of sulfonamides is 1. The number of benzene rings is 3. The van der Waals surface area contributed by atoms with Crippen LogP contribution in [0.15, 0.2) is 77.7 Å². The van der Waals surface area contributed by atoms with Gasteiger partial charge in [-0.2, -0.15) is 0 Å². The van der Waals surface area contributed by atoms with Gasteiger partial charge in [0.15, 0.2) is 6.10 Å². The molecule has 0 radical (unpaired) electrons. The van der Waals surface area contributed by atoms with Crippen LogP contribution in [0, 0.1) is 0 Å². The van der Waals surface area contributed by atoms with Crippen LogP contribution in [0.1, 0.15) is 6.92 Å². The first-order valence-corrected chi connectivity index (χ1v) is 11.1. The molecule has 0 saturated carbocycles. The van der Waals surface area contributed by atoms with E-state index >= 15 is 0 Å². The summed E-state index contributed by atoms with van der Waals surface area (Å²) < 4.78 is 33.3. The lowest BCUT2D eigenvalue weighted by Gasteiger charge is -2.16. The van der Waals surface area contributed by atoms with E-state index in [1.165, 1.54) is 24.3 Å². The van der Waals surface area contributed by atoms with Crippen molar-refractivity contribution in [2.24, 2.45) is 0 Å². The van der Waals surface area contributed by atoms with Gasteiger partial charge in [-0.05, 0) is 55.5 Å². The Labute approximate surface area is 184 Å². The van der Waals surface area contributed by atoms with Gasteiger partial charge in [0.1, 0.15) is 5.75 Å². The van der Waals surface area contributed by atoms with Crippen LogP contribution in [-0.4, -0.2) is 20.4 Å². The maximum atomic E-state index is 12.6. The molecule has 3 rings (SSSR count). The van der Waals surface area contributed by atoms with Crippen LogP contribution >= 0.6 is 23.2 Å². The molecule has 0 aliphatic heterocycles. The Hall–Kier alpha value is -2.74. The molecule has 1 atom stereocenters. The SMILES string of the molecule is C[C@H](Oc1ccc(Cl)cc1Cl)C(=O)Nc1cccc(S(=O)(=O)Nc2ccccc2)c1. The number of amides is 1. The second kappa shape index (κ2) is 9.38. The highest BCUT2D eigenvalue weighted by atomic mass is 35.5. The minimum absolute atomic E-state index is 0.0125. The molecule has 9 heteroatoms. The van der Waals surface area contributed by atoms with Gasteiger partial charge in [0, 0.05) is 16.4 Å². The third-order valence-corrected chi connectivity index (χ3v) is 5.91. The summed E-state index contributed by atoms with van der Waals surface area (Å²) >= 11 is 11.9. The smallest absolute Gasteiger partial charge is 0.265 e. The number of anilines is 2. The Balaban J connectivity index is 1.70. The Morgan fingerprint density at radius 1 is 0.933 bits per heavy atom. The molecular formula is C21H18Cl2N2O4S. The van der Waals surface area contributed by atoms with E-state index in [1.807, 2.05) is 0 Å². The number of carbonyl (C=O) groups excluding carboxylic acids is 1. The highest BCUT2D eigenvalue weighted by Gasteiger charge is 2.19. The highest BCUT2D eigenvalue weighted by Crippen LogP contribution is 2.28. The lowest BCUT2D eigenvalue weighted by molar-refractivity contribution is -0.122. The van der Waals surface area contributed by atoms with Gasteiger partial charge < -0.3 is 10.1 Å². The molecule has 0 aliphatic carbocycles. The molecular weight excluding hydrogens is 447 g/mol. The molecule has 0 heterocycles. The van der Waals surface area contributed by atoms with Crippen LogP contribution in [0.2, 0.25) is 10.0 Å². The number of hydrogen-bond donors (Lipinski definition) is 2. The average Bonchev–Trinajstić information content (AvgIpc) is 2.70. The van der Waals surface area contributed by atoms with E-state index in [0.29, 0.717) is 22.1 Å². The molecule has 6 nitrogen and oxygen atoms in total. The predicted octanol–water partition coefficient (Wildman–Crippen LogP) is 5.20. The average molecular weight is 465 g/mol. The van der Waals surface area contributed by atoms with Crippen molar-refractivity contribution in [2.45, 2.75) is 17.9 Å². The minimum Gasteiger partial charge on any atom is -0.479 e. The van der Waals surface area contributed by atoms with Crippen molar-refractivity contribution in [3.05, 3.63) is 82.8 Å². The summed E-state index contributed by atoms with van der Waals surface area (Å²) in [5, 5.41) is 3.37. The van der Waals surface area contributed by atoms with E-state index in [2.05, 4.69) is 10.0 Å². The summed E-state index contributed by atoms with van der Waals surface area (Å²) in [6.07, 6.45) is -0.883. The van der Waals surface area contributed by atoms with E-state index in [-0.39, 0.29) is 9.92 Å². The van der Waals surface area contributed by atoms with Crippen molar-refractivity contribution >= 4 is 50.5 Å². The van der Waals surface area contributed by atoms with Gasteiger partial charge in [-0.15, -0.1) is 0 Å². The van der Waals surface area contributed by atoms with E-state index in [9.17, 15) is 13.2 Å². The van der Waals surface area contributed by atoms with Crippen LogP contribution in [0.4, 0.5) is 11.4 Å². The van der Waals surface area contributed by atoms with E-state index < -0.39 is 22.0 Å². The second-order valence-corrected chi connectivity index (χ2v) is 8.85. The molecule has 0 aliphatic rings. The molecule has 2 N–H and O–H groups in total. The fourth-order valence-electron chi connectivity index (χ4n) is 2.52. The molecule has 0 saturated heterocycles. The fraction of sp³-hybridized carbons (Fsp3) is 0.0952. The molecule has 0 bridgehead atoms. The molecule has 0 spiro atoms. The Morgan fingerprint density at radius 2 is 1.63 bits per heavy atom. The summed E-state index contributed by atoms with van der Waals surface area (Å²) in [6, 6.07) is 19.1. The summed E-state index contributed by atoms with van der Waals surface area (Å²) in [5.41, 5.74) is 0.752. The zero-order chi connectivity index (χ0) is 21.7. The topological polar surface area (TPSA) is 84.5 Å². The number of nitrogens with one attached hydrogen (secondary N) is 2. The number of halogens is 2. The van der Waals surface area contributed by atoms with Gasteiger partial charge in [0.25, 0.3) is 15.9 Å². The third kappa shape index (κ3) is 5.66. The minimum atomic E-state index is -3.81. The zero-order valence-electron chi connectivity index (χ0n) is 15.8. The first-order valence-electron chi connectivity index (χ1n) is 8.85. The van der Waals surface area contributed by atoms with Gasteiger partial charge in [-0.3, -0.25) is 9.52 Å². The first kappa shape index (κ1) is 22.0. The van der Waals surface area contributed by atoms with Crippen LogP contribution in [0.25, 0.3) is 0 Å². The first-order chi connectivity index (χ1) is 14.2. The van der Waals surface area contributed by atoms with Crippen molar-refractivity contribution in [1.29, 1.82) is 0 Å². The van der Waals surface area contributed by atoms with Crippen molar-refractivity contribution in [2.75, 3.05) is 10.0 Å². The lowest BCUT2D eigenvalue weighted by Crippen LogP contribution is -2.30. The standard InChI is InChI=1S/C21H18Cl2N2O4S/c1-14(29-20-11-10-15(22)12-19(20)23)21(26)24-17-8-5-9-18(13-17)30(27,28)25-16-6-3-2-4-7-16/h2-14,25H,1H3,(H,24,26)/t14-/m0/s1. The summed E-state index contributed by atoms with van der Waals surface area (Å²) in [5.74, 6) is -0.154. The maximum absolute atomic E-state index is 12.6. The van der Waals surface area contributed by atoms with Gasteiger partial charge in [-0.25, -0.2) is 8.42 Å². The van der Waals surface area contributed by atoms with Crippen molar-refractivity contribution in [3.8, 4) is 5.75 Å². The van der Waals surface area contributed by atoms with Gasteiger partial charge in [0.2, 0.25) is 0 Å². The van der Waals surface area contributed by atoms with Crippen LogP contribution in [0.5, 0.6) is 5.75 Å². The molecule has 0 fully saturated rings. The molecule has 0 aromatic heterocycles. The number of carbonyl (C=O) groups is 1. The Morgan fingerprint density at radius 3 is 2.33 bits per heavy atom. The highest BCUT2D eigenvalue weighted by molar-refractivity contribution is 7.92. The Bertz CT molecular complexity index is 1150. The number of hydrogen-bond acceptors (Lipinski definition) is 4. The van der Waals surface area contributed by atoms with Gasteiger partial charge in [0.05, 0.1) is 9.92 Å². The van der Waals surface area contributed by atoms with E-state index in [4.69, 9.17) is 27.9 Å². The molecule has 30 heavy (non-hydrogen) atoms. The monoisotopic (exact) mass is 464 g/mol. The molecule has 156 valence electrons. The van der Waals surface area contributed by atoms with Gasteiger partial charge >= 0.3 is 0 Å². The lowest BCUT2D eigenvalue weighted by atomic mass is 10.3. The second-order valence-electron chi connectivity index (χ2n) is 6.32. The number of para-hydroxylation sites is 1. The zero-order valence-corrected chi connectivity index (χ0v) is 18.1. The largest absolute Gasteiger partial charge is 0.479 e. The van der Waals surface area contributed by atoms with E-state index in [1.54, 1.807) is 55.5 Å². The summed E-state index contributed by atoms with van der Waals surface area (Å²) in [7, 11) is -3.81. The number of rotatable bonds is 7. The van der Waals surface area contributed by atoms with Crippen LogP contribution < -0.4 is 14.8 Å². The van der Waals surface area contributed by atoms with Crippen LogP contribution in [-0.2, 0) is 14.8 Å². The maximum Gasteiger partial charge on any atom is 0.265 e. The normalized spacial score (nSPS) is 12.1. The quantitative estimate of drug-likeness (QED) is 0.503. The number of ether oxygens (including phenoxy) is 1. The van der Waals surface area contributed by atoms with Crippen molar-refractivity contribution in [1.82, 2.24) is 0 Å². The summed E-state index contributed by atoms with van der Waals surface area (Å²) in [6.45, 7) is 1.55. The van der Waals surface area contributed by atoms with E-state index in [0.717, 1.165) is 0 Å². The van der Waals surface area contributed by atoms with Gasteiger partial charge in [-0.1, -0.05) is 47.5 Å². The molecule has 3 aromatic rings. The summed E-state index contributed by atoms with van der Waals surface area (Å²) in [4.78, 5) is 12.5. The Kier molecular flexibility index (Phi) is 6.87. The predicted molar refractivity (Wildman–Crippen MR) is 119 cm³/mol. The van der Waals surface area contributed by atoms with Crippen molar-refractivity contribution < 1.29 is 17.9 Å². The molecule has 1 amide bonds. The van der Waals surface area contributed by atoms with Crippen LogP contribution in [0.3, 0.4) is 0 Å². The molecule has 3 aromatic carbocycles. The molecule has 0 unspecified atom stereocenters. The van der Waals surface area contributed by atoms with Crippen molar-refractivity contribution in [3.63, 3.8) is 0 Å². The fourth-order valence-corrected chi connectivity index (χ4v) is 4.08.